The zero-order valence-corrected chi connectivity index (χ0v) is 15.6. The summed E-state index contributed by atoms with van der Waals surface area (Å²) in [6, 6.07) is 9.70. The molecule has 0 radical (unpaired) electrons. The number of rotatable bonds is 6. The van der Waals surface area contributed by atoms with Crippen LogP contribution in [0.3, 0.4) is 0 Å². The number of aryl methyl sites for hydroxylation is 1. The molecular formula is C20H25N3O3. The molecule has 1 atom stereocenters. The molecule has 2 aromatic rings. The van der Waals surface area contributed by atoms with Crippen LogP contribution in [0.1, 0.15) is 37.4 Å². The van der Waals surface area contributed by atoms with Crippen LogP contribution in [0.15, 0.2) is 52.2 Å². The molecule has 0 fully saturated rings. The quantitative estimate of drug-likeness (QED) is 0.806. The van der Waals surface area contributed by atoms with Crippen LogP contribution in [0.2, 0.25) is 0 Å². The van der Waals surface area contributed by atoms with Gasteiger partial charge in [0, 0.05) is 26.4 Å². The molecule has 0 aliphatic carbocycles. The summed E-state index contributed by atoms with van der Waals surface area (Å²) in [5.41, 5.74) is 0.488. The summed E-state index contributed by atoms with van der Waals surface area (Å²) in [4.78, 5) is 36.2. The van der Waals surface area contributed by atoms with E-state index in [0.29, 0.717) is 5.92 Å². The number of hydrogen-bond acceptors (Lipinski definition) is 3. The number of nitrogens with one attached hydrogen (secondary N) is 1. The molecule has 6 nitrogen and oxygen atoms in total. The number of hydrogen-bond donors (Lipinski definition) is 1. The van der Waals surface area contributed by atoms with Crippen LogP contribution in [-0.4, -0.2) is 15.0 Å². The Hall–Kier alpha value is -2.89. The molecule has 0 aliphatic rings. The number of nitrogens with zero attached hydrogens (tertiary/aromatic N) is 2. The Bertz CT molecular complexity index is 908. The highest BCUT2D eigenvalue weighted by Crippen LogP contribution is 2.21. The number of amides is 1. The Morgan fingerprint density at radius 1 is 1.15 bits per heavy atom. The average Bonchev–Trinajstić information content (AvgIpc) is 2.61. The third-order valence-corrected chi connectivity index (χ3v) is 4.11. The van der Waals surface area contributed by atoms with E-state index in [4.69, 9.17) is 0 Å². The van der Waals surface area contributed by atoms with Crippen molar-refractivity contribution in [1.82, 2.24) is 14.5 Å². The minimum atomic E-state index is -0.432. The van der Waals surface area contributed by atoms with E-state index in [1.54, 1.807) is 7.05 Å². The second kappa shape index (κ2) is 8.47. The van der Waals surface area contributed by atoms with Gasteiger partial charge in [-0.2, -0.15) is 0 Å². The van der Waals surface area contributed by atoms with Crippen molar-refractivity contribution in [1.29, 1.82) is 0 Å². The average molecular weight is 355 g/mol. The van der Waals surface area contributed by atoms with Gasteiger partial charge in [-0.05, 0) is 24.0 Å². The largest absolute Gasteiger partial charge is 0.346 e. The van der Waals surface area contributed by atoms with Gasteiger partial charge in [-0.3, -0.25) is 14.2 Å². The maximum absolute atomic E-state index is 12.4. The van der Waals surface area contributed by atoms with Crippen LogP contribution >= 0.6 is 0 Å². The standard InChI is InChI=1S/C20H25N3O3/c1-14(2)12-17(15-8-6-5-7-9-15)21-18(24)11-10-16-13-22(3)20(26)23(4)19(16)25/h5-11,13-14,17H,12H2,1-4H3,(H,21,24)/b11-10+. The molecule has 0 saturated carbocycles. The molecule has 1 aromatic heterocycles. The Balaban J connectivity index is 2.19. The van der Waals surface area contributed by atoms with E-state index < -0.39 is 11.2 Å². The van der Waals surface area contributed by atoms with Gasteiger partial charge in [0.25, 0.3) is 5.56 Å². The van der Waals surface area contributed by atoms with Gasteiger partial charge >= 0.3 is 5.69 Å². The lowest BCUT2D eigenvalue weighted by Crippen LogP contribution is -2.37. The SMILES string of the molecule is CC(C)CC(NC(=O)/C=C/c1cn(C)c(=O)n(C)c1=O)c1ccccc1. The lowest BCUT2D eigenvalue weighted by atomic mass is 9.97. The fourth-order valence-electron chi connectivity index (χ4n) is 2.77. The molecule has 2 rings (SSSR count). The van der Waals surface area contributed by atoms with Crippen LogP contribution < -0.4 is 16.6 Å². The molecule has 0 spiro atoms. The van der Waals surface area contributed by atoms with E-state index in [9.17, 15) is 14.4 Å². The monoisotopic (exact) mass is 355 g/mol. The van der Waals surface area contributed by atoms with E-state index >= 15 is 0 Å². The molecule has 138 valence electrons. The maximum Gasteiger partial charge on any atom is 0.330 e. The van der Waals surface area contributed by atoms with Crippen LogP contribution in [0.25, 0.3) is 6.08 Å². The van der Waals surface area contributed by atoms with Gasteiger partial charge in [-0.25, -0.2) is 4.79 Å². The number of carbonyl (C=O) groups excluding carboxylic acids is 1. The maximum atomic E-state index is 12.4. The van der Waals surface area contributed by atoms with Crippen molar-refractivity contribution >= 4 is 12.0 Å². The van der Waals surface area contributed by atoms with E-state index in [2.05, 4.69) is 19.2 Å². The van der Waals surface area contributed by atoms with Gasteiger partial charge in [-0.15, -0.1) is 0 Å². The molecule has 1 unspecified atom stereocenters. The zero-order chi connectivity index (χ0) is 19.3. The van der Waals surface area contributed by atoms with E-state index in [-0.39, 0.29) is 17.5 Å². The predicted molar refractivity (Wildman–Crippen MR) is 103 cm³/mol. The number of aromatic nitrogens is 2. The highest BCUT2D eigenvalue weighted by molar-refractivity contribution is 5.91. The third kappa shape index (κ3) is 4.81. The second-order valence-corrected chi connectivity index (χ2v) is 6.78. The molecular weight excluding hydrogens is 330 g/mol. The van der Waals surface area contributed by atoms with Gasteiger partial charge in [0.2, 0.25) is 5.91 Å². The molecule has 6 heteroatoms. The Morgan fingerprint density at radius 3 is 2.42 bits per heavy atom. The van der Waals surface area contributed by atoms with Crippen molar-refractivity contribution < 1.29 is 4.79 Å². The molecule has 1 amide bonds. The van der Waals surface area contributed by atoms with Crippen LogP contribution in [0.4, 0.5) is 0 Å². The topological polar surface area (TPSA) is 73.1 Å². The number of carbonyl (C=O) groups is 1. The minimum absolute atomic E-state index is 0.101. The van der Waals surface area contributed by atoms with Crippen molar-refractivity contribution in [3.05, 3.63) is 74.6 Å². The minimum Gasteiger partial charge on any atom is -0.346 e. The van der Waals surface area contributed by atoms with Gasteiger partial charge < -0.3 is 9.88 Å². The van der Waals surface area contributed by atoms with Crippen LogP contribution in [-0.2, 0) is 18.9 Å². The van der Waals surface area contributed by atoms with Crippen molar-refractivity contribution in [2.75, 3.05) is 0 Å². The van der Waals surface area contributed by atoms with Gasteiger partial charge in [0.15, 0.2) is 0 Å². The molecule has 1 aromatic carbocycles. The van der Waals surface area contributed by atoms with Crippen LogP contribution in [0, 0.1) is 5.92 Å². The summed E-state index contributed by atoms with van der Waals surface area (Å²) < 4.78 is 2.33. The highest BCUT2D eigenvalue weighted by Gasteiger charge is 2.15. The summed E-state index contributed by atoms with van der Waals surface area (Å²) >= 11 is 0. The molecule has 1 heterocycles. The van der Waals surface area contributed by atoms with E-state index in [1.165, 1.54) is 30.0 Å². The summed E-state index contributed by atoms with van der Waals surface area (Å²) in [7, 11) is 2.98. The first-order chi connectivity index (χ1) is 12.3. The Labute approximate surface area is 152 Å². The molecule has 1 N–H and O–H groups in total. The summed E-state index contributed by atoms with van der Waals surface area (Å²) in [6.45, 7) is 4.21. The first-order valence-electron chi connectivity index (χ1n) is 8.59. The van der Waals surface area contributed by atoms with Gasteiger partial charge in [-0.1, -0.05) is 44.2 Å². The van der Waals surface area contributed by atoms with Gasteiger partial charge in [0.05, 0.1) is 11.6 Å². The summed E-state index contributed by atoms with van der Waals surface area (Å²) in [6.07, 6.45) is 5.01. The lowest BCUT2D eigenvalue weighted by molar-refractivity contribution is -0.117. The highest BCUT2D eigenvalue weighted by atomic mass is 16.2. The smallest absolute Gasteiger partial charge is 0.330 e. The molecule has 0 saturated heterocycles. The third-order valence-electron chi connectivity index (χ3n) is 4.11. The predicted octanol–water partition coefficient (Wildman–Crippen LogP) is 2.00. The van der Waals surface area contributed by atoms with Gasteiger partial charge in [0.1, 0.15) is 0 Å². The van der Waals surface area contributed by atoms with Crippen molar-refractivity contribution in [2.45, 2.75) is 26.3 Å². The van der Waals surface area contributed by atoms with Crippen molar-refractivity contribution in [3.63, 3.8) is 0 Å². The summed E-state index contributed by atoms with van der Waals surface area (Å²) in [5, 5.41) is 2.99. The Morgan fingerprint density at radius 2 is 1.81 bits per heavy atom. The Kier molecular flexibility index (Phi) is 6.33. The van der Waals surface area contributed by atoms with E-state index in [0.717, 1.165) is 16.6 Å². The fraction of sp³-hybridized carbons (Fsp3) is 0.350. The van der Waals surface area contributed by atoms with Crippen LogP contribution in [0.5, 0.6) is 0 Å². The molecule has 26 heavy (non-hydrogen) atoms. The lowest BCUT2D eigenvalue weighted by Gasteiger charge is -2.20. The fourth-order valence-corrected chi connectivity index (χ4v) is 2.77. The first-order valence-corrected chi connectivity index (χ1v) is 8.59. The first kappa shape index (κ1) is 19.4. The van der Waals surface area contributed by atoms with Crippen molar-refractivity contribution in [2.24, 2.45) is 20.0 Å². The van der Waals surface area contributed by atoms with E-state index in [1.807, 2.05) is 30.3 Å². The molecule has 0 bridgehead atoms. The second-order valence-electron chi connectivity index (χ2n) is 6.78. The van der Waals surface area contributed by atoms with Crippen molar-refractivity contribution in [3.8, 4) is 0 Å². The summed E-state index contributed by atoms with van der Waals surface area (Å²) in [5.74, 6) is 0.135. The molecule has 0 aliphatic heterocycles. The zero-order valence-electron chi connectivity index (χ0n) is 15.6. The normalized spacial score (nSPS) is 12.5. The number of benzene rings is 1.